The summed E-state index contributed by atoms with van der Waals surface area (Å²) in [6, 6.07) is -0.986. The zero-order valence-corrected chi connectivity index (χ0v) is 24.6. The number of cyclic esters (lactones) is 1. The van der Waals surface area contributed by atoms with Gasteiger partial charge >= 0.3 is 5.97 Å². The van der Waals surface area contributed by atoms with Gasteiger partial charge in [-0.3, -0.25) is 19.2 Å². The molecule has 2 N–H and O–H groups in total. The van der Waals surface area contributed by atoms with Crippen LogP contribution in [-0.4, -0.2) is 94.2 Å². The van der Waals surface area contributed by atoms with E-state index in [1.807, 2.05) is 30.9 Å². The molecule has 4 aliphatic heterocycles. The summed E-state index contributed by atoms with van der Waals surface area (Å²) in [5.74, 6) is -3.24. The lowest BCUT2D eigenvalue weighted by Gasteiger charge is -2.44. The van der Waals surface area contributed by atoms with Gasteiger partial charge < -0.3 is 29.7 Å². The Morgan fingerprint density at radius 2 is 1.82 bits per heavy atom. The number of aliphatic hydroxyl groups is 1. The first-order valence-corrected chi connectivity index (χ1v) is 14.4. The van der Waals surface area contributed by atoms with Gasteiger partial charge in [-0.2, -0.15) is 0 Å². The summed E-state index contributed by atoms with van der Waals surface area (Å²) in [4.78, 5) is 57.7. The lowest BCUT2D eigenvalue weighted by molar-refractivity contribution is -0.159. The van der Waals surface area contributed by atoms with Gasteiger partial charge in [0.2, 0.25) is 17.7 Å². The zero-order valence-electron chi connectivity index (χ0n) is 24.6. The molecule has 0 saturated carbocycles. The highest BCUT2D eigenvalue weighted by Gasteiger charge is 2.72. The molecule has 0 radical (unpaired) electrons. The van der Waals surface area contributed by atoms with Crippen LogP contribution in [0.3, 0.4) is 0 Å². The topological polar surface area (TPSA) is 125 Å². The number of esters is 1. The molecule has 0 aromatic carbocycles. The minimum absolute atomic E-state index is 0.0483. The third-order valence-electron chi connectivity index (χ3n) is 8.28. The molecule has 40 heavy (non-hydrogen) atoms. The van der Waals surface area contributed by atoms with E-state index in [0.29, 0.717) is 19.4 Å². The fourth-order valence-electron chi connectivity index (χ4n) is 7.08. The number of carbonyl (C=O) groups is 4. The van der Waals surface area contributed by atoms with E-state index >= 15 is 0 Å². The van der Waals surface area contributed by atoms with Crippen LogP contribution in [0.1, 0.15) is 67.2 Å². The van der Waals surface area contributed by atoms with Gasteiger partial charge in [0, 0.05) is 31.7 Å². The average Bonchev–Trinajstić information content (AvgIpc) is 3.21. The Morgan fingerprint density at radius 3 is 2.50 bits per heavy atom. The highest BCUT2D eigenvalue weighted by Crippen LogP contribution is 2.53. The lowest BCUT2D eigenvalue weighted by Crippen LogP contribution is -2.60. The SMILES string of the molecule is C[C@@H]1CNC(=O)CC/C=C\[C@H]2O[C@]34C=CCN(C(C)(C)CC(C)(C)C)C(=O)[C@H]3N(CCCO)C(=O)[C@@H]4[C@H]2C(=O)O1. The van der Waals surface area contributed by atoms with Gasteiger partial charge in [-0.05, 0) is 45.4 Å². The first-order valence-electron chi connectivity index (χ1n) is 14.4. The molecule has 2 fully saturated rings. The molecule has 4 aliphatic rings. The molecular weight excluding hydrogens is 514 g/mol. The van der Waals surface area contributed by atoms with E-state index in [4.69, 9.17) is 9.47 Å². The fraction of sp³-hybridized carbons (Fsp3) is 0.733. The van der Waals surface area contributed by atoms with Gasteiger partial charge in [0.05, 0.1) is 18.6 Å². The molecule has 4 heterocycles. The molecule has 10 heteroatoms. The number of allylic oxidation sites excluding steroid dienone is 1. The quantitative estimate of drug-likeness (QED) is 0.390. The van der Waals surface area contributed by atoms with Crippen molar-refractivity contribution in [3.63, 3.8) is 0 Å². The third kappa shape index (κ3) is 5.70. The van der Waals surface area contributed by atoms with Crippen LogP contribution in [0.4, 0.5) is 0 Å². The second-order valence-electron chi connectivity index (χ2n) is 13.4. The Bertz CT molecular complexity index is 1080. The zero-order chi connectivity index (χ0) is 29.5. The highest BCUT2D eigenvalue weighted by molar-refractivity contribution is 5.99. The largest absolute Gasteiger partial charge is 0.460 e. The Hall–Kier alpha value is -2.72. The Balaban J connectivity index is 1.79. The van der Waals surface area contributed by atoms with Crippen molar-refractivity contribution in [2.24, 2.45) is 17.3 Å². The van der Waals surface area contributed by atoms with E-state index in [-0.39, 0.29) is 49.3 Å². The van der Waals surface area contributed by atoms with Gasteiger partial charge in [0.15, 0.2) is 0 Å². The van der Waals surface area contributed by atoms with Crippen LogP contribution in [0.5, 0.6) is 0 Å². The van der Waals surface area contributed by atoms with E-state index in [0.717, 1.165) is 6.42 Å². The lowest BCUT2D eigenvalue weighted by atomic mass is 9.77. The molecular formula is C30H45N3O7. The monoisotopic (exact) mass is 559 g/mol. The van der Waals surface area contributed by atoms with Crippen molar-refractivity contribution in [1.82, 2.24) is 15.1 Å². The maximum atomic E-state index is 14.5. The first-order chi connectivity index (χ1) is 18.7. The number of fused-ring (bicyclic) bond motifs is 2. The number of rotatable bonds is 5. The van der Waals surface area contributed by atoms with Gasteiger partial charge in [-0.15, -0.1) is 0 Å². The molecule has 222 valence electrons. The second kappa shape index (κ2) is 11.3. The molecule has 0 unspecified atom stereocenters. The summed E-state index contributed by atoms with van der Waals surface area (Å²) >= 11 is 0. The summed E-state index contributed by atoms with van der Waals surface area (Å²) in [7, 11) is 0. The number of likely N-dealkylation sites (tertiary alicyclic amines) is 1. The number of carbonyl (C=O) groups excluding carboxylic acids is 4. The molecule has 3 amide bonds. The van der Waals surface area contributed by atoms with Crippen LogP contribution in [0, 0.1) is 17.3 Å². The van der Waals surface area contributed by atoms with Gasteiger partial charge in [-0.25, -0.2) is 0 Å². The maximum absolute atomic E-state index is 14.5. The number of amides is 3. The molecule has 0 aliphatic carbocycles. The Kier molecular flexibility index (Phi) is 8.53. The van der Waals surface area contributed by atoms with Crippen LogP contribution in [0.15, 0.2) is 24.3 Å². The van der Waals surface area contributed by atoms with Crippen LogP contribution < -0.4 is 5.32 Å². The number of nitrogens with one attached hydrogen (secondary N) is 1. The predicted molar refractivity (Wildman–Crippen MR) is 148 cm³/mol. The molecule has 2 saturated heterocycles. The van der Waals surface area contributed by atoms with E-state index < -0.39 is 47.2 Å². The van der Waals surface area contributed by atoms with Gasteiger partial charge in [-0.1, -0.05) is 45.1 Å². The van der Waals surface area contributed by atoms with E-state index in [2.05, 4.69) is 26.1 Å². The van der Waals surface area contributed by atoms with Crippen molar-refractivity contribution in [3.8, 4) is 0 Å². The molecule has 10 nitrogen and oxygen atoms in total. The molecule has 0 aromatic rings. The third-order valence-corrected chi connectivity index (χ3v) is 8.28. The van der Waals surface area contributed by atoms with Crippen LogP contribution in [0.2, 0.25) is 0 Å². The maximum Gasteiger partial charge on any atom is 0.313 e. The number of hydrogen-bond donors (Lipinski definition) is 2. The molecule has 4 rings (SSSR count). The van der Waals surface area contributed by atoms with E-state index in [1.54, 1.807) is 19.1 Å². The molecule has 6 atom stereocenters. The van der Waals surface area contributed by atoms with Crippen LogP contribution >= 0.6 is 0 Å². The van der Waals surface area contributed by atoms with E-state index in [9.17, 15) is 24.3 Å². The van der Waals surface area contributed by atoms with Crippen molar-refractivity contribution in [1.29, 1.82) is 0 Å². The summed E-state index contributed by atoms with van der Waals surface area (Å²) in [5, 5.41) is 12.4. The normalized spacial score (nSPS) is 34.2. The Morgan fingerprint density at radius 1 is 1.10 bits per heavy atom. The molecule has 1 spiro atoms. The minimum atomic E-state index is -1.37. The number of aliphatic hydroxyl groups excluding tert-OH is 1. The van der Waals surface area contributed by atoms with Crippen LogP contribution in [-0.2, 0) is 28.7 Å². The average molecular weight is 560 g/mol. The van der Waals surface area contributed by atoms with Crippen molar-refractivity contribution >= 4 is 23.7 Å². The number of ether oxygens (including phenoxy) is 2. The standard InChI is InChI=1S/C30H45N3O7/c1-19-17-31-21(35)12-8-7-11-20-22(27(38)39-19)23-25(36)32(14-10-16-34)24-26(37)33(15-9-13-30(23,24)40-20)29(5,6)18-28(2,3)4/h7,9,11,13,19-20,22-24,34H,8,10,12,14-18H2,1-6H3,(H,31,35)/b11-7-/t19-,20-,22+,23+,24-,30+/m1/s1. The minimum Gasteiger partial charge on any atom is -0.460 e. The van der Waals surface area contributed by atoms with Gasteiger partial charge in [0.1, 0.15) is 23.7 Å². The van der Waals surface area contributed by atoms with Crippen molar-refractivity contribution in [2.75, 3.05) is 26.2 Å². The molecule has 0 bridgehead atoms. The van der Waals surface area contributed by atoms with Crippen molar-refractivity contribution in [2.45, 2.75) is 96.6 Å². The van der Waals surface area contributed by atoms with E-state index in [1.165, 1.54) is 4.90 Å². The second-order valence-corrected chi connectivity index (χ2v) is 13.4. The summed E-state index contributed by atoms with van der Waals surface area (Å²) in [6.07, 6.45) is 7.56. The van der Waals surface area contributed by atoms with Gasteiger partial charge in [0.25, 0.3) is 0 Å². The van der Waals surface area contributed by atoms with Crippen LogP contribution in [0.25, 0.3) is 0 Å². The fourth-order valence-corrected chi connectivity index (χ4v) is 7.08. The highest BCUT2D eigenvalue weighted by atomic mass is 16.6. The van der Waals surface area contributed by atoms with Crippen molar-refractivity contribution in [3.05, 3.63) is 24.3 Å². The molecule has 0 aromatic heterocycles. The first kappa shape index (κ1) is 30.2. The summed E-state index contributed by atoms with van der Waals surface area (Å²) in [5.41, 5.74) is -1.94. The summed E-state index contributed by atoms with van der Waals surface area (Å²) in [6.45, 7) is 12.7. The number of nitrogens with zero attached hydrogens (tertiary/aromatic N) is 2. The predicted octanol–water partition coefficient (Wildman–Crippen LogP) is 1.96. The summed E-state index contributed by atoms with van der Waals surface area (Å²) < 4.78 is 12.4. The Labute approximate surface area is 237 Å². The smallest absolute Gasteiger partial charge is 0.313 e. The van der Waals surface area contributed by atoms with Crippen molar-refractivity contribution < 1.29 is 33.8 Å². The number of hydrogen-bond acceptors (Lipinski definition) is 7.